The van der Waals surface area contributed by atoms with Gasteiger partial charge in [-0.2, -0.15) is 0 Å². The fourth-order valence-electron chi connectivity index (χ4n) is 2.81. The summed E-state index contributed by atoms with van der Waals surface area (Å²) < 4.78 is 5.08. The SMILES string of the molecule is [B]c1cc(N2C(=O)Nc3c(C(=O)OCC)sc4ncnc2c34)ccc1C. The Hall–Kier alpha value is -2.94. The van der Waals surface area contributed by atoms with Crippen LogP contribution in [-0.2, 0) is 4.74 Å². The predicted molar refractivity (Wildman–Crippen MR) is 101 cm³/mol. The molecule has 2 radical (unpaired) electrons. The molecule has 1 N–H and O–H groups in total. The molecule has 1 aliphatic rings. The van der Waals surface area contributed by atoms with Crippen LogP contribution in [0.5, 0.6) is 0 Å². The quantitative estimate of drug-likeness (QED) is 0.571. The van der Waals surface area contributed by atoms with Gasteiger partial charge in [-0.05, 0) is 26.0 Å². The van der Waals surface area contributed by atoms with Crippen LogP contribution in [0.3, 0.4) is 0 Å². The van der Waals surface area contributed by atoms with E-state index >= 15 is 0 Å². The number of hydrogen-bond acceptors (Lipinski definition) is 6. The number of rotatable bonds is 3. The van der Waals surface area contributed by atoms with E-state index in [0.29, 0.717) is 37.7 Å². The number of ether oxygens (including phenoxy) is 1. The number of nitrogens with one attached hydrogen (secondary N) is 1. The summed E-state index contributed by atoms with van der Waals surface area (Å²) in [4.78, 5) is 35.9. The molecule has 0 aliphatic carbocycles. The standard InChI is InChI=1S/C17H13BN4O3S/c1-3-25-16(23)13-12-11-14(19-7-20-15(11)26-13)22(17(24)21-12)9-5-4-8(2)10(18)6-9/h4-7H,3H2,1-2H3,(H,21,24). The van der Waals surface area contributed by atoms with Gasteiger partial charge in [0.05, 0.1) is 23.4 Å². The maximum absolute atomic E-state index is 12.8. The number of aryl methyl sites for hydroxylation is 1. The van der Waals surface area contributed by atoms with Crippen molar-refractivity contribution in [1.82, 2.24) is 9.97 Å². The number of carbonyl (C=O) groups is 2. The van der Waals surface area contributed by atoms with Crippen LogP contribution < -0.4 is 15.7 Å². The molecule has 0 spiro atoms. The van der Waals surface area contributed by atoms with Crippen molar-refractivity contribution in [3.05, 3.63) is 35.0 Å². The highest BCUT2D eigenvalue weighted by molar-refractivity contribution is 7.21. The van der Waals surface area contributed by atoms with Crippen LogP contribution in [0.25, 0.3) is 10.2 Å². The topological polar surface area (TPSA) is 84.4 Å². The molecule has 1 aliphatic heterocycles. The number of anilines is 3. The van der Waals surface area contributed by atoms with Crippen LogP contribution in [0.15, 0.2) is 24.5 Å². The molecular weight excluding hydrogens is 351 g/mol. The molecule has 0 fully saturated rings. The van der Waals surface area contributed by atoms with Crippen molar-refractivity contribution < 1.29 is 14.3 Å². The lowest BCUT2D eigenvalue weighted by Crippen LogP contribution is -2.35. The van der Waals surface area contributed by atoms with Gasteiger partial charge in [0.2, 0.25) is 0 Å². The minimum atomic E-state index is -0.496. The van der Waals surface area contributed by atoms with E-state index < -0.39 is 12.0 Å². The summed E-state index contributed by atoms with van der Waals surface area (Å²) >= 11 is 1.16. The summed E-state index contributed by atoms with van der Waals surface area (Å²) in [5.74, 6) is -0.0893. The largest absolute Gasteiger partial charge is 0.462 e. The molecule has 3 aromatic rings. The van der Waals surface area contributed by atoms with Crippen molar-refractivity contribution in [2.24, 2.45) is 0 Å². The van der Waals surface area contributed by atoms with Gasteiger partial charge >= 0.3 is 12.0 Å². The fourth-order valence-corrected chi connectivity index (χ4v) is 3.80. The lowest BCUT2D eigenvalue weighted by Gasteiger charge is -2.27. The molecule has 7 nitrogen and oxygen atoms in total. The van der Waals surface area contributed by atoms with E-state index in [1.807, 2.05) is 13.0 Å². The second-order valence-corrected chi connectivity index (χ2v) is 6.71. The summed E-state index contributed by atoms with van der Waals surface area (Å²) in [5, 5.41) is 3.38. The zero-order chi connectivity index (χ0) is 18.4. The highest BCUT2D eigenvalue weighted by atomic mass is 32.1. The molecule has 1 aromatic carbocycles. The first-order chi connectivity index (χ1) is 12.5. The van der Waals surface area contributed by atoms with Crippen LogP contribution in [0.2, 0.25) is 0 Å². The molecule has 4 rings (SSSR count). The van der Waals surface area contributed by atoms with E-state index in [1.54, 1.807) is 19.1 Å². The number of benzene rings is 1. The van der Waals surface area contributed by atoms with E-state index in [1.165, 1.54) is 11.2 Å². The Labute approximate surface area is 154 Å². The Bertz CT molecular complexity index is 1070. The number of urea groups is 1. The van der Waals surface area contributed by atoms with E-state index in [0.717, 1.165) is 16.9 Å². The first-order valence-corrected chi connectivity index (χ1v) is 8.74. The molecule has 9 heteroatoms. The fraction of sp³-hybridized carbons (Fsp3) is 0.176. The van der Waals surface area contributed by atoms with Gasteiger partial charge in [-0.3, -0.25) is 0 Å². The molecule has 2 amide bonds. The molecule has 26 heavy (non-hydrogen) atoms. The van der Waals surface area contributed by atoms with Gasteiger partial charge in [0.1, 0.15) is 23.9 Å². The van der Waals surface area contributed by atoms with Crippen LogP contribution >= 0.6 is 11.3 Å². The molecule has 2 aromatic heterocycles. The van der Waals surface area contributed by atoms with Crippen LogP contribution in [0.4, 0.5) is 22.0 Å². The molecule has 0 atom stereocenters. The third kappa shape index (κ3) is 2.43. The first kappa shape index (κ1) is 16.5. The lowest BCUT2D eigenvalue weighted by atomic mass is 9.90. The Kier molecular flexibility index (Phi) is 3.88. The average Bonchev–Trinajstić information content (AvgIpc) is 2.98. The number of carbonyl (C=O) groups excluding carboxylic acids is 2. The number of thiophene rings is 1. The zero-order valence-electron chi connectivity index (χ0n) is 14.1. The molecule has 0 saturated heterocycles. The highest BCUT2D eigenvalue weighted by Crippen LogP contribution is 2.44. The predicted octanol–water partition coefficient (Wildman–Crippen LogP) is 2.65. The van der Waals surface area contributed by atoms with Crippen molar-refractivity contribution in [3.63, 3.8) is 0 Å². The second-order valence-electron chi connectivity index (χ2n) is 5.71. The van der Waals surface area contributed by atoms with Gasteiger partial charge in [0.25, 0.3) is 0 Å². The minimum Gasteiger partial charge on any atom is -0.462 e. The minimum absolute atomic E-state index is 0.244. The van der Waals surface area contributed by atoms with E-state index in [-0.39, 0.29) is 6.61 Å². The van der Waals surface area contributed by atoms with Crippen molar-refractivity contribution in [2.45, 2.75) is 13.8 Å². The molecule has 3 heterocycles. The van der Waals surface area contributed by atoms with E-state index in [4.69, 9.17) is 12.6 Å². The maximum atomic E-state index is 12.8. The lowest BCUT2D eigenvalue weighted by molar-refractivity contribution is 0.0533. The summed E-state index contributed by atoms with van der Waals surface area (Å²) in [6.45, 7) is 3.86. The molecular formula is C17H13BN4O3S. The Morgan fingerprint density at radius 3 is 2.92 bits per heavy atom. The van der Waals surface area contributed by atoms with Crippen LogP contribution in [-0.4, -0.2) is 36.4 Å². The number of aromatic nitrogens is 2. The van der Waals surface area contributed by atoms with Gasteiger partial charge in [0.15, 0.2) is 5.82 Å². The van der Waals surface area contributed by atoms with Gasteiger partial charge in [-0.15, -0.1) is 11.3 Å². The van der Waals surface area contributed by atoms with E-state index in [9.17, 15) is 9.59 Å². The molecule has 0 unspecified atom stereocenters. The van der Waals surface area contributed by atoms with Gasteiger partial charge < -0.3 is 10.1 Å². The Balaban J connectivity index is 1.92. The van der Waals surface area contributed by atoms with Crippen molar-refractivity contribution in [1.29, 1.82) is 0 Å². The molecule has 0 saturated carbocycles. The Morgan fingerprint density at radius 1 is 1.38 bits per heavy atom. The monoisotopic (exact) mass is 364 g/mol. The van der Waals surface area contributed by atoms with Crippen molar-refractivity contribution in [3.8, 4) is 0 Å². The third-order valence-electron chi connectivity index (χ3n) is 4.10. The van der Waals surface area contributed by atoms with Gasteiger partial charge in [-0.1, -0.05) is 17.1 Å². The normalized spacial score (nSPS) is 13.0. The number of hydrogen-bond donors (Lipinski definition) is 1. The second kappa shape index (κ2) is 6.10. The summed E-state index contributed by atoms with van der Waals surface area (Å²) in [6, 6.07) is 4.92. The molecule has 128 valence electrons. The summed E-state index contributed by atoms with van der Waals surface area (Å²) in [7, 11) is 5.99. The van der Waals surface area contributed by atoms with E-state index in [2.05, 4.69) is 15.3 Å². The number of amides is 2. The third-order valence-corrected chi connectivity index (χ3v) is 5.17. The van der Waals surface area contributed by atoms with Gasteiger partial charge in [0, 0.05) is 0 Å². The average molecular weight is 364 g/mol. The van der Waals surface area contributed by atoms with Crippen molar-refractivity contribution >= 4 is 64.1 Å². The van der Waals surface area contributed by atoms with Crippen LogP contribution in [0, 0.1) is 6.92 Å². The Morgan fingerprint density at radius 2 is 2.19 bits per heavy atom. The number of esters is 1. The van der Waals surface area contributed by atoms with Crippen LogP contribution in [0.1, 0.15) is 22.2 Å². The maximum Gasteiger partial charge on any atom is 0.350 e. The van der Waals surface area contributed by atoms with Crippen molar-refractivity contribution in [2.75, 3.05) is 16.8 Å². The zero-order valence-corrected chi connectivity index (χ0v) is 14.9. The smallest absolute Gasteiger partial charge is 0.350 e. The first-order valence-electron chi connectivity index (χ1n) is 7.93. The molecule has 0 bridgehead atoms. The number of nitrogens with zero attached hydrogens (tertiary/aromatic N) is 3. The summed E-state index contributed by atoms with van der Waals surface area (Å²) in [6.07, 6.45) is 1.37. The highest BCUT2D eigenvalue weighted by Gasteiger charge is 2.34. The van der Waals surface area contributed by atoms with Gasteiger partial charge in [-0.25, -0.2) is 24.5 Å². The summed E-state index contributed by atoms with van der Waals surface area (Å²) in [5.41, 5.74) is 2.46.